The standard InChI is InChI=1S/C20H25N3O5S2/c1-4-27-19(24)17-5-6-18(28-17)30(25,26)23-9-7-22(8-10-23)20(29)21-16-12-14(2)11-15(3)13-16/h5-6,11-13H,4,7-10H2,1-3H3,(H,21,29). The Morgan fingerprint density at radius 2 is 1.77 bits per heavy atom. The first-order valence-corrected chi connectivity index (χ1v) is 11.5. The summed E-state index contributed by atoms with van der Waals surface area (Å²) < 4.78 is 37.1. The van der Waals surface area contributed by atoms with Gasteiger partial charge in [0.25, 0.3) is 10.0 Å². The maximum Gasteiger partial charge on any atom is 0.374 e. The van der Waals surface area contributed by atoms with Crippen LogP contribution in [0.2, 0.25) is 0 Å². The van der Waals surface area contributed by atoms with Crippen LogP contribution in [-0.2, 0) is 14.8 Å². The Balaban J connectivity index is 1.61. The highest BCUT2D eigenvalue weighted by Gasteiger charge is 2.32. The number of furan rings is 1. The fourth-order valence-electron chi connectivity index (χ4n) is 3.28. The number of esters is 1. The van der Waals surface area contributed by atoms with Gasteiger partial charge < -0.3 is 19.4 Å². The van der Waals surface area contributed by atoms with E-state index in [1.807, 2.05) is 30.9 Å². The van der Waals surface area contributed by atoms with Crippen LogP contribution in [0.15, 0.2) is 39.8 Å². The number of thiocarbonyl (C=S) groups is 1. The fourth-order valence-corrected chi connectivity index (χ4v) is 4.91. The molecule has 8 nitrogen and oxygen atoms in total. The third kappa shape index (κ3) is 5.00. The van der Waals surface area contributed by atoms with Crippen molar-refractivity contribution in [2.45, 2.75) is 25.9 Å². The second kappa shape index (κ2) is 9.15. The lowest BCUT2D eigenvalue weighted by Gasteiger charge is -2.35. The van der Waals surface area contributed by atoms with Crippen LogP contribution in [0, 0.1) is 13.8 Å². The Morgan fingerprint density at radius 1 is 1.13 bits per heavy atom. The zero-order valence-corrected chi connectivity index (χ0v) is 18.8. The third-order valence-corrected chi connectivity index (χ3v) is 6.78. The summed E-state index contributed by atoms with van der Waals surface area (Å²) in [6, 6.07) is 8.69. The Bertz CT molecular complexity index is 1020. The molecular formula is C20H25N3O5S2. The lowest BCUT2D eigenvalue weighted by molar-refractivity contribution is 0.0483. The van der Waals surface area contributed by atoms with E-state index in [0.29, 0.717) is 18.2 Å². The van der Waals surface area contributed by atoms with Crippen LogP contribution in [0.5, 0.6) is 0 Å². The summed E-state index contributed by atoms with van der Waals surface area (Å²) >= 11 is 5.50. The van der Waals surface area contributed by atoms with Gasteiger partial charge >= 0.3 is 5.97 Å². The lowest BCUT2D eigenvalue weighted by Crippen LogP contribution is -2.51. The summed E-state index contributed by atoms with van der Waals surface area (Å²) in [4.78, 5) is 13.7. The number of hydrogen-bond donors (Lipinski definition) is 1. The van der Waals surface area contributed by atoms with E-state index < -0.39 is 16.0 Å². The molecule has 0 saturated carbocycles. The van der Waals surface area contributed by atoms with E-state index >= 15 is 0 Å². The maximum atomic E-state index is 12.8. The van der Waals surface area contributed by atoms with E-state index in [0.717, 1.165) is 16.8 Å². The molecule has 10 heteroatoms. The number of hydrogen-bond acceptors (Lipinski definition) is 6. The second-order valence-corrected chi connectivity index (χ2v) is 9.29. The van der Waals surface area contributed by atoms with Gasteiger partial charge in [-0.05, 0) is 68.4 Å². The molecule has 0 spiro atoms. The van der Waals surface area contributed by atoms with Crippen LogP contribution in [0.1, 0.15) is 28.6 Å². The number of anilines is 1. The Morgan fingerprint density at radius 3 is 2.37 bits per heavy atom. The van der Waals surface area contributed by atoms with E-state index in [1.54, 1.807) is 6.92 Å². The molecule has 2 aromatic rings. The molecule has 0 atom stereocenters. The van der Waals surface area contributed by atoms with Gasteiger partial charge in [-0.3, -0.25) is 0 Å². The van der Waals surface area contributed by atoms with Gasteiger partial charge in [-0.25, -0.2) is 13.2 Å². The topological polar surface area (TPSA) is 92.1 Å². The zero-order chi connectivity index (χ0) is 21.9. The van der Waals surface area contributed by atoms with Crippen LogP contribution in [0.25, 0.3) is 0 Å². The number of rotatable bonds is 5. The molecule has 0 aliphatic carbocycles. The molecule has 0 unspecified atom stereocenters. The highest BCUT2D eigenvalue weighted by molar-refractivity contribution is 7.89. The van der Waals surface area contributed by atoms with Gasteiger partial charge in [0.2, 0.25) is 10.9 Å². The average molecular weight is 452 g/mol. The number of carbonyl (C=O) groups excluding carboxylic acids is 1. The van der Waals surface area contributed by atoms with Crippen molar-refractivity contribution >= 4 is 39.0 Å². The van der Waals surface area contributed by atoms with Crippen molar-refractivity contribution in [3.8, 4) is 0 Å². The molecule has 3 rings (SSSR count). The molecule has 1 saturated heterocycles. The van der Waals surface area contributed by atoms with Gasteiger partial charge in [0.05, 0.1) is 6.61 Å². The monoisotopic (exact) mass is 451 g/mol. The molecule has 1 aliphatic heterocycles. The number of benzene rings is 1. The van der Waals surface area contributed by atoms with E-state index in [4.69, 9.17) is 21.4 Å². The molecule has 162 valence electrons. The molecule has 1 fully saturated rings. The van der Waals surface area contributed by atoms with Gasteiger partial charge in [-0.2, -0.15) is 4.31 Å². The number of nitrogens with one attached hydrogen (secondary N) is 1. The van der Waals surface area contributed by atoms with Gasteiger partial charge in [0.1, 0.15) is 0 Å². The van der Waals surface area contributed by atoms with Crippen molar-refractivity contribution < 1.29 is 22.4 Å². The van der Waals surface area contributed by atoms with Gasteiger partial charge in [-0.1, -0.05) is 6.07 Å². The quantitative estimate of drug-likeness (QED) is 0.548. The second-order valence-electron chi connectivity index (χ2n) is 7.04. The highest BCUT2D eigenvalue weighted by Crippen LogP contribution is 2.21. The van der Waals surface area contributed by atoms with Crippen molar-refractivity contribution in [2.24, 2.45) is 0 Å². The predicted molar refractivity (Wildman–Crippen MR) is 117 cm³/mol. The normalized spacial score (nSPS) is 15.1. The van der Waals surface area contributed by atoms with Crippen LogP contribution in [-0.4, -0.2) is 61.5 Å². The summed E-state index contributed by atoms with van der Waals surface area (Å²) in [7, 11) is -3.84. The Hall–Kier alpha value is -2.43. The molecule has 2 heterocycles. The van der Waals surface area contributed by atoms with E-state index in [1.165, 1.54) is 16.4 Å². The van der Waals surface area contributed by atoms with Crippen molar-refractivity contribution in [2.75, 3.05) is 38.1 Å². The summed E-state index contributed by atoms with van der Waals surface area (Å²) in [6.45, 7) is 7.29. The van der Waals surface area contributed by atoms with Gasteiger partial charge in [-0.15, -0.1) is 0 Å². The first-order valence-electron chi connectivity index (χ1n) is 9.62. The molecule has 1 N–H and O–H groups in total. The predicted octanol–water partition coefficient (Wildman–Crippen LogP) is 2.78. The zero-order valence-electron chi connectivity index (χ0n) is 17.2. The van der Waals surface area contributed by atoms with Crippen molar-refractivity contribution in [1.82, 2.24) is 9.21 Å². The van der Waals surface area contributed by atoms with Crippen molar-refractivity contribution in [3.63, 3.8) is 0 Å². The van der Waals surface area contributed by atoms with Crippen LogP contribution < -0.4 is 5.32 Å². The molecule has 0 radical (unpaired) electrons. The largest absolute Gasteiger partial charge is 0.460 e. The fraction of sp³-hybridized carbons (Fsp3) is 0.400. The number of ether oxygens (including phenoxy) is 1. The number of piperazine rings is 1. The molecule has 0 bridgehead atoms. The smallest absolute Gasteiger partial charge is 0.374 e. The third-order valence-electron chi connectivity index (χ3n) is 4.65. The number of sulfonamides is 1. The number of carbonyl (C=O) groups is 1. The average Bonchev–Trinajstić information content (AvgIpc) is 3.19. The molecule has 1 aromatic carbocycles. The molecular weight excluding hydrogens is 426 g/mol. The van der Waals surface area contributed by atoms with E-state index in [2.05, 4.69) is 11.4 Å². The molecule has 1 aromatic heterocycles. The molecule has 30 heavy (non-hydrogen) atoms. The van der Waals surface area contributed by atoms with Gasteiger partial charge in [0, 0.05) is 31.9 Å². The molecule has 1 aliphatic rings. The van der Waals surface area contributed by atoms with Gasteiger partial charge in [0.15, 0.2) is 5.11 Å². The van der Waals surface area contributed by atoms with Crippen molar-refractivity contribution in [3.05, 3.63) is 47.2 Å². The minimum absolute atomic E-state index is 0.132. The van der Waals surface area contributed by atoms with E-state index in [9.17, 15) is 13.2 Å². The molecule has 0 amide bonds. The maximum absolute atomic E-state index is 12.8. The minimum Gasteiger partial charge on any atom is -0.460 e. The number of aryl methyl sites for hydroxylation is 2. The summed E-state index contributed by atoms with van der Waals surface area (Å²) in [6.07, 6.45) is 0. The first-order chi connectivity index (χ1) is 14.2. The van der Waals surface area contributed by atoms with Crippen LogP contribution in [0.3, 0.4) is 0 Å². The minimum atomic E-state index is -3.84. The van der Waals surface area contributed by atoms with Crippen LogP contribution in [0.4, 0.5) is 5.69 Å². The van der Waals surface area contributed by atoms with Crippen LogP contribution >= 0.6 is 12.2 Å². The van der Waals surface area contributed by atoms with Crippen molar-refractivity contribution in [1.29, 1.82) is 0 Å². The SMILES string of the molecule is CCOC(=O)c1ccc(S(=O)(=O)N2CCN(C(=S)Nc3cc(C)cc(C)c3)CC2)o1. The highest BCUT2D eigenvalue weighted by atomic mass is 32.2. The summed E-state index contributed by atoms with van der Waals surface area (Å²) in [5.74, 6) is -0.820. The Labute approximate surface area is 181 Å². The lowest BCUT2D eigenvalue weighted by atomic mass is 10.1. The number of nitrogens with zero attached hydrogens (tertiary/aromatic N) is 2. The van der Waals surface area contributed by atoms with E-state index in [-0.39, 0.29) is 30.5 Å². The Kier molecular flexibility index (Phi) is 6.79. The summed E-state index contributed by atoms with van der Waals surface area (Å²) in [5, 5.41) is 3.51. The first kappa shape index (κ1) is 22.3. The summed E-state index contributed by atoms with van der Waals surface area (Å²) in [5.41, 5.74) is 3.18.